The summed E-state index contributed by atoms with van der Waals surface area (Å²) in [7, 11) is 0. The van der Waals surface area contributed by atoms with E-state index in [0.29, 0.717) is 0 Å². The predicted octanol–water partition coefficient (Wildman–Crippen LogP) is 6.13. The van der Waals surface area contributed by atoms with Crippen molar-refractivity contribution in [1.29, 1.82) is 0 Å². The van der Waals surface area contributed by atoms with E-state index in [0.717, 1.165) is 38.4 Å². The Morgan fingerprint density at radius 1 is 0.440 bits per heavy atom. The molecular weight excluding hydrogens is 328 g/mol. The van der Waals surface area contributed by atoms with Gasteiger partial charge in [-0.2, -0.15) is 0 Å². The molecule has 0 spiro atoms. The Hall–Kier alpha value is -2.97. The first kappa shape index (κ1) is 15.6. The number of halogens is 1. The highest BCUT2D eigenvalue weighted by atomic mass is 35.5. The van der Waals surface area contributed by atoms with E-state index in [4.69, 9.17) is 11.6 Å². The van der Waals surface area contributed by atoms with Gasteiger partial charge in [-0.15, -0.1) is 0 Å². The molecule has 0 atom stereocenters. The van der Waals surface area contributed by atoms with Crippen LogP contribution in [0, 0.1) is 0 Å². The van der Waals surface area contributed by atoms with Gasteiger partial charge in [-0.05, 0) is 88.0 Å². The fourth-order valence-corrected chi connectivity index (χ4v) is 2.98. The minimum absolute atomic E-state index is 0.739. The van der Waals surface area contributed by atoms with Gasteiger partial charge < -0.3 is 0 Å². The normalized spacial score (nSPS) is 10.6. The van der Waals surface area contributed by atoms with Gasteiger partial charge in [0.2, 0.25) is 0 Å². The van der Waals surface area contributed by atoms with Crippen LogP contribution in [0.5, 0.6) is 0 Å². The summed E-state index contributed by atoms with van der Waals surface area (Å²) in [4.78, 5) is 8.24. The maximum absolute atomic E-state index is 6.04. The van der Waals surface area contributed by atoms with Crippen molar-refractivity contribution in [2.75, 3.05) is 0 Å². The molecule has 2 heterocycles. The Bertz CT molecular complexity index is 924. The number of pyridine rings is 2. The molecule has 0 fully saturated rings. The minimum atomic E-state index is 0.739. The standard InChI is InChI=1S/C22H15ClN2/c23-22-3-1-16(2-4-22)19-13-20(17-5-9-24-10-6-17)15-21(14-19)18-7-11-25-12-8-18/h1-15H. The fraction of sp³-hybridized carbons (Fsp3) is 0. The van der Waals surface area contributed by atoms with Crippen LogP contribution in [-0.4, -0.2) is 9.97 Å². The van der Waals surface area contributed by atoms with Crippen molar-refractivity contribution in [3.05, 3.63) is 96.5 Å². The van der Waals surface area contributed by atoms with Gasteiger partial charge in [0.1, 0.15) is 0 Å². The molecule has 0 amide bonds. The third kappa shape index (κ3) is 3.44. The largest absolute Gasteiger partial charge is 0.265 e. The lowest BCUT2D eigenvalue weighted by Crippen LogP contribution is -1.86. The summed E-state index contributed by atoms with van der Waals surface area (Å²) in [5, 5.41) is 0.739. The van der Waals surface area contributed by atoms with Gasteiger partial charge in [0.05, 0.1) is 0 Å². The molecule has 0 N–H and O–H groups in total. The molecule has 0 unspecified atom stereocenters. The molecule has 0 aliphatic heterocycles. The topological polar surface area (TPSA) is 25.8 Å². The Labute approximate surface area is 151 Å². The maximum atomic E-state index is 6.04. The van der Waals surface area contributed by atoms with Crippen molar-refractivity contribution in [2.24, 2.45) is 0 Å². The maximum Gasteiger partial charge on any atom is 0.0406 e. The van der Waals surface area contributed by atoms with Crippen molar-refractivity contribution >= 4 is 11.6 Å². The molecule has 2 nitrogen and oxygen atoms in total. The predicted molar refractivity (Wildman–Crippen MR) is 103 cm³/mol. The van der Waals surface area contributed by atoms with E-state index in [1.54, 1.807) is 0 Å². The summed E-state index contributed by atoms with van der Waals surface area (Å²) >= 11 is 6.04. The smallest absolute Gasteiger partial charge is 0.0406 e. The van der Waals surface area contributed by atoms with Crippen LogP contribution in [0.25, 0.3) is 33.4 Å². The molecule has 0 saturated carbocycles. The van der Waals surface area contributed by atoms with Gasteiger partial charge in [0.25, 0.3) is 0 Å². The zero-order valence-electron chi connectivity index (χ0n) is 13.4. The summed E-state index contributed by atoms with van der Waals surface area (Å²) in [5.74, 6) is 0. The van der Waals surface area contributed by atoms with Crippen LogP contribution >= 0.6 is 11.6 Å². The second-order valence-electron chi connectivity index (χ2n) is 5.78. The molecule has 4 aromatic rings. The Balaban J connectivity index is 1.90. The highest BCUT2D eigenvalue weighted by molar-refractivity contribution is 6.30. The molecular formula is C22H15ClN2. The Morgan fingerprint density at radius 2 is 0.800 bits per heavy atom. The quantitative estimate of drug-likeness (QED) is 0.447. The number of rotatable bonds is 3. The van der Waals surface area contributed by atoms with Crippen LogP contribution in [0.1, 0.15) is 0 Å². The van der Waals surface area contributed by atoms with Crippen LogP contribution in [0.3, 0.4) is 0 Å². The van der Waals surface area contributed by atoms with Crippen molar-refractivity contribution < 1.29 is 0 Å². The van der Waals surface area contributed by atoms with Crippen molar-refractivity contribution in [3.63, 3.8) is 0 Å². The van der Waals surface area contributed by atoms with Crippen molar-refractivity contribution in [2.45, 2.75) is 0 Å². The minimum Gasteiger partial charge on any atom is -0.265 e. The summed E-state index contributed by atoms with van der Waals surface area (Å²) < 4.78 is 0. The molecule has 0 bridgehead atoms. The lowest BCUT2D eigenvalue weighted by Gasteiger charge is -2.11. The second kappa shape index (κ2) is 6.88. The molecule has 2 aromatic carbocycles. The van der Waals surface area contributed by atoms with Gasteiger partial charge in [-0.3, -0.25) is 9.97 Å². The number of aromatic nitrogens is 2. The SMILES string of the molecule is Clc1ccc(-c2cc(-c3ccncc3)cc(-c3ccncc3)c2)cc1. The third-order valence-corrected chi connectivity index (χ3v) is 4.39. The number of hydrogen-bond acceptors (Lipinski definition) is 2. The molecule has 4 rings (SSSR count). The molecule has 0 radical (unpaired) electrons. The second-order valence-corrected chi connectivity index (χ2v) is 6.21. The average molecular weight is 343 g/mol. The number of benzene rings is 2. The zero-order valence-corrected chi connectivity index (χ0v) is 14.2. The Morgan fingerprint density at radius 3 is 1.20 bits per heavy atom. The van der Waals surface area contributed by atoms with E-state index in [1.165, 1.54) is 0 Å². The first-order valence-corrected chi connectivity index (χ1v) is 8.39. The zero-order chi connectivity index (χ0) is 17.1. The fourth-order valence-electron chi connectivity index (χ4n) is 2.86. The van der Waals surface area contributed by atoms with E-state index in [-0.39, 0.29) is 0 Å². The summed E-state index contributed by atoms with van der Waals surface area (Å²) in [5.41, 5.74) is 6.87. The summed E-state index contributed by atoms with van der Waals surface area (Å²) in [6, 6.07) is 22.6. The lowest BCUT2D eigenvalue weighted by molar-refractivity contribution is 1.33. The van der Waals surface area contributed by atoms with Gasteiger partial charge in [0.15, 0.2) is 0 Å². The van der Waals surface area contributed by atoms with Crippen LogP contribution in [-0.2, 0) is 0 Å². The van der Waals surface area contributed by atoms with E-state index in [9.17, 15) is 0 Å². The van der Waals surface area contributed by atoms with Gasteiger partial charge in [0, 0.05) is 29.8 Å². The first-order valence-electron chi connectivity index (χ1n) is 8.01. The number of nitrogens with zero attached hydrogens (tertiary/aromatic N) is 2. The monoisotopic (exact) mass is 342 g/mol. The van der Waals surface area contributed by atoms with Crippen molar-refractivity contribution in [1.82, 2.24) is 9.97 Å². The van der Waals surface area contributed by atoms with E-state index >= 15 is 0 Å². The lowest BCUT2D eigenvalue weighted by atomic mass is 9.94. The molecule has 120 valence electrons. The van der Waals surface area contributed by atoms with E-state index in [1.807, 2.05) is 73.3 Å². The molecule has 3 heteroatoms. The Kier molecular flexibility index (Phi) is 4.28. The first-order chi connectivity index (χ1) is 12.3. The van der Waals surface area contributed by atoms with Crippen LogP contribution < -0.4 is 0 Å². The van der Waals surface area contributed by atoms with Gasteiger partial charge >= 0.3 is 0 Å². The number of hydrogen-bond donors (Lipinski definition) is 0. The molecule has 0 aliphatic rings. The summed E-state index contributed by atoms with van der Waals surface area (Å²) in [6.45, 7) is 0. The van der Waals surface area contributed by atoms with Gasteiger partial charge in [-0.25, -0.2) is 0 Å². The van der Waals surface area contributed by atoms with Crippen LogP contribution in [0.15, 0.2) is 91.5 Å². The summed E-state index contributed by atoms with van der Waals surface area (Å²) in [6.07, 6.45) is 7.26. The van der Waals surface area contributed by atoms with Crippen LogP contribution in [0.2, 0.25) is 5.02 Å². The molecule has 0 saturated heterocycles. The van der Waals surface area contributed by atoms with E-state index < -0.39 is 0 Å². The van der Waals surface area contributed by atoms with Crippen molar-refractivity contribution in [3.8, 4) is 33.4 Å². The highest BCUT2D eigenvalue weighted by Gasteiger charge is 2.07. The van der Waals surface area contributed by atoms with Gasteiger partial charge in [-0.1, -0.05) is 23.7 Å². The molecule has 25 heavy (non-hydrogen) atoms. The third-order valence-electron chi connectivity index (χ3n) is 4.14. The average Bonchev–Trinajstić information content (AvgIpc) is 2.69. The molecule has 0 aliphatic carbocycles. The van der Waals surface area contributed by atoms with Crippen LogP contribution in [0.4, 0.5) is 0 Å². The van der Waals surface area contributed by atoms with E-state index in [2.05, 4.69) is 28.2 Å². The highest BCUT2D eigenvalue weighted by Crippen LogP contribution is 2.32. The molecule has 2 aromatic heterocycles.